The standard InChI is InChI=1S/C22H30N4O7S/c1-32-18-7-6-16(34(30,31)25-10-12-33-13-11-25)14-17(18)23-19(27)15-26-20(28)22(24-21(26)29)8-4-2-3-5-9-22/h6-7,14H,2-5,8-13,15H2,1H3,(H,23,27)(H,24,29). The molecule has 2 N–H and O–H groups in total. The van der Waals surface area contributed by atoms with Gasteiger partial charge in [-0.15, -0.1) is 0 Å². The number of carbonyl (C=O) groups is 3. The van der Waals surface area contributed by atoms with Crippen molar-refractivity contribution in [3.05, 3.63) is 18.2 Å². The average molecular weight is 495 g/mol. The van der Waals surface area contributed by atoms with Gasteiger partial charge in [-0.3, -0.25) is 14.5 Å². The average Bonchev–Trinajstić information content (AvgIpc) is 2.98. The Morgan fingerprint density at radius 3 is 2.47 bits per heavy atom. The Hall–Kier alpha value is -2.70. The van der Waals surface area contributed by atoms with E-state index < -0.39 is 34.0 Å². The topological polar surface area (TPSA) is 134 Å². The molecule has 0 bridgehead atoms. The number of hydrogen-bond acceptors (Lipinski definition) is 7. The van der Waals surface area contributed by atoms with E-state index >= 15 is 0 Å². The van der Waals surface area contributed by atoms with Crippen molar-refractivity contribution < 1.29 is 32.3 Å². The summed E-state index contributed by atoms with van der Waals surface area (Å²) in [5.41, 5.74) is -0.796. The lowest BCUT2D eigenvalue weighted by atomic mass is 9.90. The van der Waals surface area contributed by atoms with Gasteiger partial charge >= 0.3 is 6.03 Å². The maximum atomic E-state index is 13.1. The maximum absolute atomic E-state index is 13.1. The number of rotatable bonds is 6. The SMILES string of the molecule is COc1ccc(S(=O)(=O)N2CCOCC2)cc1NC(=O)CN1C(=O)NC2(CCCCCC2)C1=O. The van der Waals surface area contributed by atoms with Crippen LogP contribution in [0.1, 0.15) is 38.5 Å². The van der Waals surface area contributed by atoms with E-state index in [4.69, 9.17) is 9.47 Å². The predicted molar refractivity (Wildman–Crippen MR) is 122 cm³/mol. The Labute approximate surface area is 198 Å². The third kappa shape index (κ3) is 4.75. The second-order valence-electron chi connectivity index (χ2n) is 8.74. The highest BCUT2D eigenvalue weighted by Crippen LogP contribution is 2.33. The number of ether oxygens (including phenoxy) is 2. The van der Waals surface area contributed by atoms with Crippen LogP contribution in [0.4, 0.5) is 10.5 Å². The van der Waals surface area contributed by atoms with Crippen molar-refractivity contribution >= 4 is 33.6 Å². The van der Waals surface area contributed by atoms with E-state index in [-0.39, 0.29) is 35.3 Å². The van der Waals surface area contributed by atoms with Gasteiger partial charge in [-0.05, 0) is 31.0 Å². The molecule has 3 aliphatic rings. The Bertz CT molecular complexity index is 1060. The molecule has 1 saturated carbocycles. The van der Waals surface area contributed by atoms with Crippen molar-refractivity contribution in [2.75, 3.05) is 45.3 Å². The lowest BCUT2D eigenvalue weighted by molar-refractivity contribution is -0.134. The normalized spacial score (nSPS) is 21.3. The van der Waals surface area contributed by atoms with Gasteiger partial charge in [-0.25, -0.2) is 13.2 Å². The zero-order valence-corrected chi connectivity index (χ0v) is 20.0. The van der Waals surface area contributed by atoms with Crippen LogP contribution in [0.25, 0.3) is 0 Å². The Morgan fingerprint density at radius 1 is 1.15 bits per heavy atom. The highest BCUT2D eigenvalue weighted by Gasteiger charge is 2.51. The summed E-state index contributed by atoms with van der Waals surface area (Å²) < 4.78 is 37.8. The molecule has 186 valence electrons. The molecule has 1 aromatic rings. The van der Waals surface area contributed by atoms with Gasteiger partial charge in [0.2, 0.25) is 15.9 Å². The van der Waals surface area contributed by atoms with Gasteiger partial charge in [0.25, 0.3) is 5.91 Å². The Kier molecular flexibility index (Phi) is 7.10. The van der Waals surface area contributed by atoms with Gasteiger partial charge in [-0.2, -0.15) is 4.31 Å². The fourth-order valence-electron chi connectivity index (χ4n) is 4.71. The summed E-state index contributed by atoms with van der Waals surface area (Å²) in [5.74, 6) is -0.759. The first-order valence-corrected chi connectivity index (χ1v) is 12.9. The van der Waals surface area contributed by atoms with E-state index in [9.17, 15) is 22.8 Å². The van der Waals surface area contributed by atoms with Crippen molar-refractivity contribution in [3.8, 4) is 5.75 Å². The number of imide groups is 1. The van der Waals surface area contributed by atoms with Gasteiger partial charge in [0.05, 0.1) is 30.9 Å². The van der Waals surface area contributed by atoms with Gasteiger partial charge in [-0.1, -0.05) is 25.7 Å². The lowest BCUT2D eigenvalue weighted by Crippen LogP contribution is -2.47. The van der Waals surface area contributed by atoms with Crippen molar-refractivity contribution in [3.63, 3.8) is 0 Å². The second kappa shape index (κ2) is 9.88. The van der Waals surface area contributed by atoms with E-state index in [0.29, 0.717) is 26.1 Å². The minimum Gasteiger partial charge on any atom is -0.495 e. The van der Waals surface area contributed by atoms with E-state index in [1.54, 1.807) is 0 Å². The molecule has 1 spiro atoms. The highest BCUT2D eigenvalue weighted by atomic mass is 32.2. The first kappa shape index (κ1) is 24.4. The predicted octanol–water partition coefficient (Wildman–Crippen LogP) is 1.30. The van der Waals surface area contributed by atoms with Crippen molar-refractivity contribution in [1.29, 1.82) is 0 Å². The third-order valence-corrected chi connectivity index (χ3v) is 8.45. The molecule has 1 aliphatic carbocycles. The number of hydrogen-bond donors (Lipinski definition) is 2. The number of nitrogens with one attached hydrogen (secondary N) is 2. The zero-order chi connectivity index (χ0) is 24.3. The number of urea groups is 1. The number of methoxy groups -OCH3 is 1. The van der Waals surface area contributed by atoms with Crippen molar-refractivity contribution in [2.45, 2.75) is 49.0 Å². The monoisotopic (exact) mass is 494 g/mol. The molecule has 1 aromatic carbocycles. The van der Waals surface area contributed by atoms with E-state index in [1.165, 1.54) is 29.6 Å². The second-order valence-corrected chi connectivity index (χ2v) is 10.7. The molecular weight excluding hydrogens is 464 g/mol. The summed E-state index contributed by atoms with van der Waals surface area (Å²) in [6.45, 7) is 0.628. The number of benzene rings is 1. The van der Waals surface area contributed by atoms with Gasteiger partial charge < -0.3 is 20.1 Å². The fourth-order valence-corrected chi connectivity index (χ4v) is 6.14. The van der Waals surface area contributed by atoms with Crippen LogP contribution in [0.2, 0.25) is 0 Å². The molecule has 2 aliphatic heterocycles. The van der Waals surface area contributed by atoms with Crippen LogP contribution in [-0.4, -0.2) is 81.0 Å². The summed E-state index contributed by atoms with van der Waals surface area (Å²) >= 11 is 0. The van der Waals surface area contributed by atoms with Gasteiger partial charge in [0, 0.05) is 13.1 Å². The summed E-state index contributed by atoms with van der Waals surface area (Å²) in [6, 6.07) is 3.60. The van der Waals surface area contributed by atoms with Gasteiger partial charge in [0.15, 0.2) is 0 Å². The molecule has 12 heteroatoms. The molecule has 2 saturated heterocycles. The van der Waals surface area contributed by atoms with Crippen molar-refractivity contribution in [1.82, 2.24) is 14.5 Å². The van der Waals surface area contributed by atoms with E-state index in [1.807, 2.05) is 0 Å². The summed E-state index contributed by atoms with van der Waals surface area (Å²) in [4.78, 5) is 39.3. The lowest BCUT2D eigenvalue weighted by Gasteiger charge is -2.26. The van der Waals surface area contributed by atoms with Crippen LogP contribution < -0.4 is 15.4 Å². The maximum Gasteiger partial charge on any atom is 0.325 e. The van der Waals surface area contributed by atoms with Crippen LogP contribution in [-0.2, 0) is 24.3 Å². The summed E-state index contributed by atoms with van der Waals surface area (Å²) in [7, 11) is -2.39. The fraction of sp³-hybridized carbons (Fsp3) is 0.591. The van der Waals surface area contributed by atoms with E-state index in [2.05, 4.69) is 10.6 Å². The van der Waals surface area contributed by atoms with Crippen LogP contribution >= 0.6 is 0 Å². The molecule has 0 aromatic heterocycles. The number of nitrogens with zero attached hydrogens (tertiary/aromatic N) is 2. The smallest absolute Gasteiger partial charge is 0.325 e. The molecular formula is C22H30N4O7S. The van der Waals surface area contributed by atoms with Crippen molar-refractivity contribution in [2.24, 2.45) is 0 Å². The summed E-state index contributed by atoms with van der Waals surface area (Å²) in [6.07, 6.45) is 4.82. The number of carbonyl (C=O) groups excluding carboxylic acids is 3. The third-order valence-electron chi connectivity index (χ3n) is 6.56. The largest absolute Gasteiger partial charge is 0.495 e. The first-order chi connectivity index (χ1) is 16.3. The minimum atomic E-state index is -3.79. The highest BCUT2D eigenvalue weighted by molar-refractivity contribution is 7.89. The molecule has 3 fully saturated rings. The number of morpholine rings is 1. The molecule has 34 heavy (non-hydrogen) atoms. The van der Waals surface area contributed by atoms with Gasteiger partial charge in [0.1, 0.15) is 17.8 Å². The first-order valence-electron chi connectivity index (χ1n) is 11.5. The zero-order valence-electron chi connectivity index (χ0n) is 19.2. The number of anilines is 1. The molecule has 4 amide bonds. The van der Waals surface area contributed by atoms with Crippen LogP contribution in [0.3, 0.4) is 0 Å². The molecule has 0 atom stereocenters. The minimum absolute atomic E-state index is 0.00194. The quantitative estimate of drug-likeness (QED) is 0.569. The van der Waals surface area contributed by atoms with Crippen LogP contribution in [0.15, 0.2) is 23.1 Å². The number of sulfonamides is 1. The molecule has 2 heterocycles. The summed E-state index contributed by atoms with van der Waals surface area (Å²) in [5, 5.41) is 5.41. The van der Waals surface area contributed by atoms with Crippen LogP contribution in [0.5, 0.6) is 5.75 Å². The number of amides is 4. The molecule has 11 nitrogen and oxygen atoms in total. The molecule has 4 rings (SSSR count). The van der Waals surface area contributed by atoms with E-state index in [0.717, 1.165) is 30.6 Å². The molecule has 0 unspecified atom stereocenters. The Balaban J connectivity index is 1.50. The Morgan fingerprint density at radius 2 is 1.82 bits per heavy atom. The van der Waals surface area contributed by atoms with Crippen LogP contribution in [0, 0.1) is 0 Å². The molecule has 0 radical (unpaired) electrons.